The maximum Gasteiger partial charge on any atom is 0.265 e. The second-order valence-electron chi connectivity index (χ2n) is 6.00. The summed E-state index contributed by atoms with van der Waals surface area (Å²) in [6.07, 6.45) is 2.16. The molecular weight excluding hydrogens is 318 g/mol. The van der Waals surface area contributed by atoms with E-state index in [1.165, 1.54) is 12.0 Å². The second kappa shape index (κ2) is 6.39. The molecule has 0 fully saturated rings. The lowest BCUT2D eigenvalue weighted by Gasteiger charge is -2.22. The zero-order chi connectivity index (χ0) is 17.2. The largest absolute Gasteiger partial charge is 0.484 e. The van der Waals surface area contributed by atoms with Crippen LogP contribution in [0.2, 0.25) is 0 Å². The van der Waals surface area contributed by atoms with E-state index >= 15 is 0 Å². The van der Waals surface area contributed by atoms with Crippen LogP contribution in [-0.4, -0.2) is 28.8 Å². The Kier molecular flexibility index (Phi) is 3.93. The molecular formula is C19H17N3O3. The van der Waals surface area contributed by atoms with Crippen LogP contribution in [0.3, 0.4) is 0 Å². The summed E-state index contributed by atoms with van der Waals surface area (Å²) >= 11 is 0. The number of nitrogens with zero attached hydrogens (tertiary/aromatic N) is 3. The van der Waals surface area contributed by atoms with Gasteiger partial charge in [-0.3, -0.25) is 4.79 Å². The molecule has 126 valence electrons. The van der Waals surface area contributed by atoms with Gasteiger partial charge in [-0.25, -0.2) is 0 Å². The first-order valence-electron chi connectivity index (χ1n) is 8.12. The van der Waals surface area contributed by atoms with Crippen LogP contribution in [0, 0.1) is 0 Å². The fourth-order valence-electron chi connectivity index (χ4n) is 3.15. The lowest BCUT2D eigenvalue weighted by atomic mass is 10.1. The van der Waals surface area contributed by atoms with Crippen LogP contribution in [0.15, 0.2) is 59.3 Å². The lowest BCUT2D eigenvalue weighted by Crippen LogP contribution is -2.39. The number of amides is 1. The lowest BCUT2D eigenvalue weighted by molar-refractivity contribution is -0.120. The molecule has 25 heavy (non-hydrogen) atoms. The Morgan fingerprint density at radius 1 is 1.24 bits per heavy atom. The monoisotopic (exact) mass is 335 g/mol. The molecule has 0 saturated carbocycles. The van der Waals surface area contributed by atoms with Gasteiger partial charge in [-0.2, -0.15) is 0 Å². The summed E-state index contributed by atoms with van der Waals surface area (Å²) in [5.74, 6) is 1.03. The number of carbonyl (C=O) groups is 1. The van der Waals surface area contributed by atoms with E-state index in [9.17, 15) is 4.79 Å². The van der Waals surface area contributed by atoms with Gasteiger partial charge < -0.3 is 14.1 Å². The van der Waals surface area contributed by atoms with Crippen LogP contribution >= 0.6 is 0 Å². The Hall–Kier alpha value is -3.15. The molecule has 0 spiro atoms. The Balaban J connectivity index is 1.42. The van der Waals surface area contributed by atoms with Gasteiger partial charge in [0.1, 0.15) is 5.75 Å². The minimum absolute atomic E-state index is 0.00141. The molecule has 0 bridgehead atoms. The first-order chi connectivity index (χ1) is 12.2. The molecule has 0 N–H and O–H groups in total. The molecule has 6 heteroatoms. The van der Waals surface area contributed by atoms with Gasteiger partial charge >= 0.3 is 0 Å². The third-order valence-corrected chi connectivity index (χ3v) is 4.30. The number of rotatable bonds is 4. The molecule has 2 aromatic carbocycles. The number of hydrogen-bond acceptors (Lipinski definition) is 5. The van der Waals surface area contributed by atoms with Crippen LogP contribution in [0.1, 0.15) is 12.5 Å². The molecule has 0 unspecified atom stereocenters. The van der Waals surface area contributed by atoms with Crippen LogP contribution < -0.4 is 9.64 Å². The Bertz CT molecular complexity index is 875. The van der Waals surface area contributed by atoms with Crippen molar-refractivity contribution in [2.45, 2.75) is 19.4 Å². The highest BCUT2D eigenvalue weighted by molar-refractivity contribution is 5.97. The van der Waals surface area contributed by atoms with Crippen molar-refractivity contribution in [3.8, 4) is 17.2 Å². The molecule has 1 aliphatic heterocycles. The number of carbonyl (C=O) groups excluding carboxylic acids is 1. The second-order valence-corrected chi connectivity index (χ2v) is 6.00. The van der Waals surface area contributed by atoms with Crippen LogP contribution in [0.4, 0.5) is 5.69 Å². The van der Waals surface area contributed by atoms with Crippen molar-refractivity contribution in [2.24, 2.45) is 0 Å². The smallest absolute Gasteiger partial charge is 0.265 e. The van der Waals surface area contributed by atoms with E-state index in [2.05, 4.69) is 23.2 Å². The van der Waals surface area contributed by atoms with Crippen molar-refractivity contribution in [1.82, 2.24) is 10.2 Å². The van der Waals surface area contributed by atoms with E-state index in [1.807, 2.05) is 35.2 Å². The minimum atomic E-state index is -0.0431. The number of aromatic nitrogens is 2. The van der Waals surface area contributed by atoms with Gasteiger partial charge in [0.15, 0.2) is 6.61 Å². The highest BCUT2D eigenvalue weighted by Gasteiger charge is 2.30. The average molecular weight is 335 g/mol. The topological polar surface area (TPSA) is 68.5 Å². The molecule has 6 nitrogen and oxygen atoms in total. The number of anilines is 1. The van der Waals surface area contributed by atoms with Gasteiger partial charge in [0.25, 0.3) is 5.91 Å². The average Bonchev–Trinajstić information content (AvgIpc) is 3.27. The van der Waals surface area contributed by atoms with Gasteiger partial charge in [-0.05, 0) is 49.2 Å². The molecule has 4 rings (SSSR count). The summed E-state index contributed by atoms with van der Waals surface area (Å²) in [7, 11) is 0. The van der Waals surface area contributed by atoms with E-state index < -0.39 is 0 Å². The standard InChI is InChI=1S/C19H17N3O3/c1-13-10-15-4-2-3-5-17(15)22(13)18(23)11-24-16-8-6-14(7-9-16)19-21-20-12-25-19/h2-9,12-13H,10-11H2,1H3/t13-/m0/s1. The number of ether oxygens (including phenoxy) is 1. The first-order valence-corrected chi connectivity index (χ1v) is 8.12. The van der Waals surface area contributed by atoms with Crippen LogP contribution in [-0.2, 0) is 11.2 Å². The van der Waals surface area contributed by atoms with E-state index in [0.717, 1.165) is 17.7 Å². The van der Waals surface area contributed by atoms with Crippen molar-refractivity contribution in [3.63, 3.8) is 0 Å². The van der Waals surface area contributed by atoms with Gasteiger partial charge in [0.2, 0.25) is 12.3 Å². The summed E-state index contributed by atoms with van der Waals surface area (Å²) in [6.45, 7) is 2.05. The number of hydrogen-bond donors (Lipinski definition) is 0. The Morgan fingerprint density at radius 3 is 2.80 bits per heavy atom. The number of benzene rings is 2. The van der Waals surface area contributed by atoms with E-state index in [4.69, 9.17) is 9.15 Å². The summed E-state index contributed by atoms with van der Waals surface area (Å²) in [4.78, 5) is 14.4. The normalized spacial score (nSPS) is 15.9. The SMILES string of the molecule is C[C@H]1Cc2ccccc2N1C(=O)COc1ccc(-c2nnco2)cc1. The molecule has 1 amide bonds. The third-order valence-electron chi connectivity index (χ3n) is 4.30. The van der Waals surface area contributed by atoms with Crippen molar-refractivity contribution in [3.05, 3.63) is 60.5 Å². The minimum Gasteiger partial charge on any atom is -0.484 e. The Labute approximate surface area is 145 Å². The highest BCUT2D eigenvalue weighted by atomic mass is 16.5. The summed E-state index contributed by atoms with van der Waals surface area (Å²) < 4.78 is 10.8. The van der Waals surface area contributed by atoms with Crippen molar-refractivity contribution in [1.29, 1.82) is 0 Å². The first kappa shape index (κ1) is 15.4. The molecule has 0 saturated heterocycles. The maximum atomic E-state index is 12.6. The zero-order valence-corrected chi connectivity index (χ0v) is 13.8. The summed E-state index contributed by atoms with van der Waals surface area (Å²) in [5.41, 5.74) is 2.99. The number of para-hydroxylation sites is 1. The van der Waals surface area contributed by atoms with E-state index in [-0.39, 0.29) is 18.6 Å². The molecule has 1 aliphatic rings. The van der Waals surface area contributed by atoms with E-state index in [0.29, 0.717) is 11.6 Å². The van der Waals surface area contributed by atoms with Crippen molar-refractivity contribution >= 4 is 11.6 Å². The molecule has 3 aromatic rings. The van der Waals surface area contributed by atoms with Gasteiger partial charge in [0, 0.05) is 17.3 Å². The fraction of sp³-hybridized carbons (Fsp3) is 0.211. The molecule has 1 aromatic heterocycles. The van der Waals surface area contributed by atoms with Crippen LogP contribution in [0.5, 0.6) is 5.75 Å². The maximum absolute atomic E-state index is 12.6. The third kappa shape index (κ3) is 2.98. The molecule has 1 atom stereocenters. The molecule has 2 heterocycles. The quantitative estimate of drug-likeness (QED) is 0.733. The Morgan fingerprint density at radius 2 is 2.04 bits per heavy atom. The van der Waals surface area contributed by atoms with Crippen molar-refractivity contribution < 1.29 is 13.9 Å². The highest BCUT2D eigenvalue weighted by Crippen LogP contribution is 2.31. The summed E-state index contributed by atoms with van der Waals surface area (Å²) in [6, 6.07) is 15.4. The number of fused-ring (bicyclic) bond motifs is 1. The van der Waals surface area contributed by atoms with Crippen molar-refractivity contribution in [2.75, 3.05) is 11.5 Å². The molecule has 0 radical (unpaired) electrons. The summed E-state index contributed by atoms with van der Waals surface area (Å²) in [5, 5.41) is 7.51. The zero-order valence-electron chi connectivity index (χ0n) is 13.8. The molecule has 0 aliphatic carbocycles. The van der Waals surface area contributed by atoms with Gasteiger partial charge in [0.05, 0.1) is 0 Å². The van der Waals surface area contributed by atoms with Gasteiger partial charge in [-0.15, -0.1) is 10.2 Å². The fourth-order valence-corrected chi connectivity index (χ4v) is 3.15. The van der Waals surface area contributed by atoms with E-state index in [1.54, 1.807) is 12.1 Å². The van der Waals surface area contributed by atoms with Crippen LogP contribution in [0.25, 0.3) is 11.5 Å². The predicted octanol–water partition coefficient (Wildman–Crippen LogP) is 3.09. The predicted molar refractivity (Wildman–Crippen MR) is 92.3 cm³/mol. The van der Waals surface area contributed by atoms with Gasteiger partial charge in [-0.1, -0.05) is 18.2 Å².